The Hall–Kier alpha value is -2.03. The topological polar surface area (TPSA) is 28.7 Å². The van der Waals surface area contributed by atoms with Crippen LogP contribution in [0.15, 0.2) is 48.7 Å². The Morgan fingerprint density at radius 1 is 0.955 bits per heavy atom. The van der Waals surface area contributed by atoms with Gasteiger partial charge in [-0.05, 0) is 43.3 Å². The molecule has 0 radical (unpaired) electrons. The van der Waals surface area contributed by atoms with E-state index in [9.17, 15) is 0 Å². The van der Waals surface area contributed by atoms with E-state index in [-0.39, 0.29) is 0 Å². The molecular weight excluding hydrogens is 315 g/mol. The van der Waals surface area contributed by atoms with Crippen molar-refractivity contribution in [1.29, 1.82) is 0 Å². The minimum atomic E-state index is 0.656. The van der Waals surface area contributed by atoms with Crippen LogP contribution in [0.1, 0.15) is 5.56 Å². The van der Waals surface area contributed by atoms with Crippen molar-refractivity contribution in [3.63, 3.8) is 0 Å². The Bertz CT molecular complexity index is 1020. The van der Waals surface area contributed by atoms with E-state index >= 15 is 0 Å². The second-order valence-corrected chi connectivity index (χ2v) is 6.25. The minimum absolute atomic E-state index is 0.656. The molecule has 0 aliphatic rings. The highest BCUT2D eigenvalue weighted by Gasteiger charge is 2.11. The van der Waals surface area contributed by atoms with Crippen LogP contribution in [-0.2, 0) is 0 Å². The molecule has 2 aromatic heterocycles. The van der Waals surface area contributed by atoms with Crippen LogP contribution in [0, 0.1) is 6.92 Å². The summed E-state index contributed by atoms with van der Waals surface area (Å²) in [6, 6.07) is 13.8. The first-order chi connectivity index (χ1) is 10.6. The van der Waals surface area contributed by atoms with Gasteiger partial charge in [0.1, 0.15) is 0 Å². The fourth-order valence-electron chi connectivity index (χ4n) is 2.74. The monoisotopic (exact) mass is 326 g/mol. The standard InChI is InChI=1S/C18H12Cl2N2/c1-10-2-5-16-13(6-10)14(9-21-16)18-8-15(20)12-4-3-11(19)7-17(12)22-18/h2-9,21H,1H3. The zero-order valence-electron chi connectivity index (χ0n) is 11.8. The molecule has 0 saturated carbocycles. The van der Waals surface area contributed by atoms with E-state index in [1.54, 1.807) is 0 Å². The number of aryl methyl sites for hydroxylation is 1. The molecule has 0 aliphatic carbocycles. The molecule has 1 N–H and O–H groups in total. The summed E-state index contributed by atoms with van der Waals surface area (Å²) in [5.41, 5.74) is 4.99. The Morgan fingerprint density at radius 2 is 1.82 bits per heavy atom. The summed E-state index contributed by atoms with van der Waals surface area (Å²) in [4.78, 5) is 8.01. The molecule has 0 amide bonds. The SMILES string of the molecule is Cc1ccc2[nH]cc(-c3cc(Cl)c4ccc(Cl)cc4n3)c2c1. The number of aromatic nitrogens is 2. The van der Waals surface area contributed by atoms with E-state index in [2.05, 4.69) is 30.1 Å². The van der Waals surface area contributed by atoms with E-state index in [1.807, 2.05) is 30.5 Å². The molecule has 22 heavy (non-hydrogen) atoms. The fraction of sp³-hybridized carbons (Fsp3) is 0.0556. The number of halogens is 2. The van der Waals surface area contributed by atoms with Gasteiger partial charge >= 0.3 is 0 Å². The summed E-state index contributed by atoms with van der Waals surface area (Å²) in [7, 11) is 0. The molecule has 0 atom stereocenters. The molecular formula is C18H12Cl2N2. The van der Waals surface area contributed by atoms with Gasteiger partial charge in [-0.1, -0.05) is 34.8 Å². The summed E-state index contributed by atoms with van der Waals surface area (Å²) < 4.78 is 0. The van der Waals surface area contributed by atoms with E-state index in [0.717, 1.165) is 33.1 Å². The Morgan fingerprint density at radius 3 is 2.68 bits per heavy atom. The number of H-pyrrole nitrogens is 1. The van der Waals surface area contributed by atoms with Crippen LogP contribution in [-0.4, -0.2) is 9.97 Å². The van der Waals surface area contributed by atoms with Crippen molar-refractivity contribution < 1.29 is 0 Å². The number of nitrogens with zero attached hydrogens (tertiary/aromatic N) is 1. The molecule has 2 nitrogen and oxygen atoms in total. The van der Waals surface area contributed by atoms with E-state index < -0.39 is 0 Å². The predicted octanol–water partition coefficient (Wildman–Crippen LogP) is 6.00. The quantitative estimate of drug-likeness (QED) is 0.456. The number of hydrogen-bond donors (Lipinski definition) is 1. The Balaban J connectivity index is 2.01. The van der Waals surface area contributed by atoms with Crippen LogP contribution in [0.3, 0.4) is 0 Å². The number of rotatable bonds is 1. The number of pyridine rings is 1. The lowest BCUT2D eigenvalue weighted by atomic mass is 10.1. The summed E-state index contributed by atoms with van der Waals surface area (Å²) in [6.07, 6.45) is 1.97. The first-order valence-electron chi connectivity index (χ1n) is 6.96. The van der Waals surface area contributed by atoms with Gasteiger partial charge in [0.05, 0.1) is 16.2 Å². The van der Waals surface area contributed by atoms with Crippen LogP contribution in [0.5, 0.6) is 0 Å². The highest BCUT2D eigenvalue weighted by atomic mass is 35.5. The number of fused-ring (bicyclic) bond motifs is 2. The highest BCUT2D eigenvalue weighted by Crippen LogP contribution is 2.33. The van der Waals surface area contributed by atoms with Gasteiger partial charge in [-0.25, -0.2) is 4.98 Å². The second-order valence-electron chi connectivity index (χ2n) is 5.40. The van der Waals surface area contributed by atoms with Crippen molar-refractivity contribution >= 4 is 45.0 Å². The van der Waals surface area contributed by atoms with Crippen molar-refractivity contribution in [2.75, 3.05) is 0 Å². The number of aromatic amines is 1. The number of benzene rings is 2. The molecule has 4 heteroatoms. The van der Waals surface area contributed by atoms with E-state index in [0.29, 0.717) is 10.0 Å². The maximum absolute atomic E-state index is 6.42. The van der Waals surface area contributed by atoms with Crippen molar-refractivity contribution in [3.05, 3.63) is 64.3 Å². The summed E-state index contributed by atoms with van der Waals surface area (Å²) in [5, 5.41) is 3.39. The van der Waals surface area contributed by atoms with Crippen LogP contribution >= 0.6 is 23.2 Å². The van der Waals surface area contributed by atoms with Gasteiger partial charge in [0, 0.05) is 33.1 Å². The third kappa shape index (κ3) is 2.16. The van der Waals surface area contributed by atoms with E-state index in [4.69, 9.17) is 28.2 Å². The molecule has 2 aromatic carbocycles. The van der Waals surface area contributed by atoms with Gasteiger partial charge < -0.3 is 4.98 Å². The van der Waals surface area contributed by atoms with E-state index in [1.165, 1.54) is 5.56 Å². The van der Waals surface area contributed by atoms with Crippen LogP contribution in [0.25, 0.3) is 33.1 Å². The number of nitrogens with one attached hydrogen (secondary N) is 1. The third-order valence-corrected chi connectivity index (χ3v) is 4.38. The lowest BCUT2D eigenvalue weighted by Gasteiger charge is -2.05. The predicted molar refractivity (Wildman–Crippen MR) is 93.8 cm³/mol. The van der Waals surface area contributed by atoms with Gasteiger partial charge in [0.2, 0.25) is 0 Å². The molecule has 4 rings (SSSR count). The van der Waals surface area contributed by atoms with Gasteiger partial charge in [-0.2, -0.15) is 0 Å². The normalized spacial score (nSPS) is 11.4. The highest BCUT2D eigenvalue weighted by molar-refractivity contribution is 6.36. The third-order valence-electron chi connectivity index (χ3n) is 3.83. The van der Waals surface area contributed by atoms with Gasteiger partial charge in [0.25, 0.3) is 0 Å². The summed E-state index contributed by atoms with van der Waals surface area (Å²) >= 11 is 12.5. The van der Waals surface area contributed by atoms with Crippen LogP contribution < -0.4 is 0 Å². The summed E-state index contributed by atoms with van der Waals surface area (Å²) in [6.45, 7) is 2.08. The Labute approximate surface area is 137 Å². The van der Waals surface area contributed by atoms with Crippen molar-refractivity contribution in [2.24, 2.45) is 0 Å². The average molecular weight is 327 g/mol. The molecule has 4 aromatic rings. The van der Waals surface area contributed by atoms with Crippen molar-refractivity contribution in [3.8, 4) is 11.3 Å². The molecule has 108 valence electrons. The molecule has 2 heterocycles. The number of hydrogen-bond acceptors (Lipinski definition) is 1. The van der Waals surface area contributed by atoms with Crippen molar-refractivity contribution in [1.82, 2.24) is 9.97 Å². The molecule has 0 aliphatic heterocycles. The lowest BCUT2D eigenvalue weighted by Crippen LogP contribution is -1.86. The first kappa shape index (κ1) is 13.6. The zero-order chi connectivity index (χ0) is 15.3. The molecule has 0 saturated heterocycles. The smallest absolute Gasteiger partial charge is 0.0746 e. The largest absolute Gasteiger partial charge is 0.360 e. The molecule has 0 unspecified atom stereocenters. The van der Waals surface area contributed by atoms with Crippen LogP contribution in [0.4, 0.5) is 0 Å². The molecule has 0 spiro atoms. The fourth-order valence-corrected chi connectivity index (χ4v) is 3.17. The minimum Gasteiger partial charge on any atom is -0.360 e. The maximum Gasteiger partial charge on any atom is 0.0746 e. The summed E-state index contributed by atoms with van der Waals surface area (Å²) in [5.74, 6) is 0. The first-order valence-corrected chi connectivity index (χ1v) is 7.71. The lowest BCUT2D eigenvalue weighted by molar-refractivity contribution is 1.40. The molecule has 0 fully saturated rings. The van der Waals surface area contributed by atoms with Gasteiger partial charge in [-0.15, -0.1) is 0 Å². The zero-order valence-corrected chi connectivity index (χ0v) is 13.3. The Kier molecular flexibility index (Phi) is 3.10. The van der Waals surface area contributed by atoms with Crippen molar-refractivity contribution in [2.45, 2.75) is 6.92 Å². The van der Waals surface area contributed by atoms with Gasteiger partial charge in [-0.3, -0.25) is 0 Å². The maximum atomic E-state index is 6.42. The second kappa shape index (κ2) is 5.01. The molecule has 0 bridgehead atoms. The van der Waals surface area contributed by atoms with Gasteiger partial charge in [0.15, 0.2) is 0 Å². The van der Waals surface area contributed by atoms with Crippen LogP contribution in [0.2, 0.25) is 10.0 Å². The average Bonchev–Trinajstić information content (AvgIpc) is 2.89.